The van der Waals surface area contributed by atoms with Crippen molar-refractivity contribution in [3.8, 4) is 0 Å². The molecule has 3 heterocycles. The monoisotopic (exact) mass is 464 g/mol. The van der Waals surface area contributed by atoms with E-state index in [1.54, 1.807) is 11.3 Å². The van der Waals surface area contributed by atoms with Crippen LogP contribution in [0.5, 0.6) is 0 Å². The highest BCUT2D eigenvalue weighted by Gasteiger charge is 2.24. The maximum atomic E-state index is 12.7. The maximum absolute atomic E-state index is 12.7. The van der Waals surface area contributed by atoms with E-state index in [9.17, 15) is 9.59 Å². The van der Waals surface area contributed by atoms with Gasteiger partial charge in [-0.05, 0) is 49.1 Å². The SMILES string of the molecule is C[C@H]1CCc2c(sc3nc(CCC(=O)NC4CCN(Cc5ccccc5)CC4)[nH]c(=O)c23)C1. The lowest BCUT2D eigenvalue weighted by atomic mass is 9.89. The third kappa shape index (κ3) is 5.20. The zero-order valence-corrected chi connectivity index (χ0v) is 20.0. The molecule has 0 radical (unpaired) electrons. The van der Waals surface area contributed by atoms with Crippen molar-refractivity contribution in [1.82, 2.24) is 20.2 Å². The minimum absolute atomic E-state index is 0.0403. The summed E-state index contributed by atoms with van der Waals surface area (Å²) in [5.41, 5.74) is 2.48. The predicted molar refractivity (Wildman–Crippen MR) is 133 cm³/mol. The summed E-state index contributed by atoms with van der Waals surface area (Å²) in [5, 5.41) is 3.96. The summed E-state index contributed by atoms with van der Waals surface area (Å²) in [6.07, 6.45) is 5.89. The van der Waals surface area contributed by atoms with E-state index in [-0.39, 0.29) is 17.5 Å². The molecule has 5 rings (SSSR count). The minimum Gasteiger partial charge on any atom is -0.353 e. The third-order valence-electron chi connectivity index (χ3n) is 7.01. The summed E-state index contributed by atoms with van der Waals surface area (Å²) >= 11 is 1.66. The van der Waals surface area contributed by atoms with Crippen LogP contribution in [0.3, 0.4) is 0 Å². The van der Waals surface area contributed by atoms with Gasteiger partial charge in [0, 0.05) is 43.4 Å². The third-order valence-corrected chi connectivity index (χ3v) is 8.15. The van der Waals surface area contributed by atoms with Crippen molar-refractivity contribution in [1.29, 1.82) is 0 Å². The van der Waals surface area contributed by atoms with Crippen LogP contribution in [0.15, 0.2) is 35.1 Å². The Balaban J connectivity index is 1.13. The number of carbonyl (C=O) groups excluding carboxylic acids is 1. The number of aromatic amines is 1. The number of aryl methyl sites for hydroxylation is 2. The molecule has 33 heavy (non-hydrogen) atoms. The highest BCUT2D eigenvalue weighted by atomic mass is 32.1. The van der Waals surface area contributed by atoms with Gasteiger partial charge in [0.25, 0.3) is 5.56 Å². The minimum atomic E-state index is -0.0479. The van der Waals surface area contributed by atoms with Gasteiger partial charge < -0.3 is 10.3 Å². The first kappa shape index (κ1) is 22.3. The largest absolute Gasteiger partial charge is 0.353 e. The molecule has 0 saturated carbocycles. The van der Waals surface area contributed by atoms with Crippen LogP contribution in [0.2, 0.25) is 0 Å². The first-order valence-corrected chi connectivity index (χ1v) is 13.0. The average Bonchev–Trinajstić information content (AvgIpc) is 3.17. The Morgan fingerprint density at radius 2 is 2.00 bits per heavy atom. The number of H-pyrrole nitrogens is 1. The van der Waals surface area contributed by atoms with Gasteiger partial charge in [0.15, 0.2) is 0 Å². The first-order valence-electron chi connectivity index (χ1n) is 12.1. The van der Waals surface area contributed by atoms with Crippen molar-refractivity contribution >= 4 is 27.5 Å². The van der Waals surface area contributed by atoms with E-state index in [1.807, 2.05) is 6.07 Å². The van der Waals surface area contributed by atoms with Crippen molar-refractivity contribution in [2.45, 2.75) is 64.5 Å². The normalized spacial score (nSPS) is 19.5. The number of carbonyl (C=O) groups is 1. The number of likely N-dealkylation sites (tertiary alicyclic amines) is 1. The van der Waals surface area contributed by atoms with E-state index >= 15 is 0 Å². The quantitative estimate of drug-likeness (QED) is 0.581. The molecule has 6 nitrogen and oxygen atoms in total. The van der Waals surface area contributed by atoms with E-state index < -0.39 is 0 Å². The van der Waals surface area contributed by atoms with Gasteiger partial charge in [0.05, 0.1) is 5.39 Å². The lowest BCUT2D eigenvalue weighted by molar-refractivity contribution is -0.122. The molecule has 1 aliphatic carbocycles. The maximum Gasteiger partial charge on any atom is 0.259 e. The number of hydrogen-bond donors (Lipinski definition) is 2. The highest BCUT2D eigenvalue weighted by Crippen LogP contribution is 2.35. The molecule has 1 aliphatic heterocycles. The molecule has 3 aromatic rings. The summed E-state index contributed by atoms with van der Waals surface area (Å²) < 4.78 is 0. The zero-order chi connectivity index (χ0) is 22.8. The number of nitrogens with one attached hydrogen (secondary N) is 2. The Bertz CT molecular complexity index is 1180. The predicted octanol–water partition coefficient (Wildman–Crippen LogP) is 3.82. The molecule has 1 fully saturated rings. The van der Waals surface area contributed by atoms with Gasteiger partial charge in [-0.25, -0.2) is 4.98 Å². The number of piperidine rings is 1. The van der Waals surface area contributed by atoms with Gasteiger partial charge in [0.1, 0.15) is 10.7 Å². The summed E-state index contributed by atoms with van der Waals surface area (Å²) in [7, 11) is 0. The Labute approximate surface area is 198 Å². The Kier molecular flexibility index (Phi) is 6.60. The fourth-order valence-corrected chi connectivity index (χ4v) is 6.52. The lowest BCUT2D eigenvalue weighted by Gasteiger charge is -2.32. The molecular weight excluding hydrogens is 432 g/mol. The van der Waals surface area contributed by atoms with Crippen LogP contribution in [0, 0.1) is 5.92 Å². The molecule has 2 aromatic heterocycles. The van der Waals surface area contributed by atoms with Gasteiger partial charge in [-0.1, -0.05) is 37.3 Å². The van der Waals surface area contributed by atoms with Crippen LogP contribution in [0.1, 0.15) is 54.4 Å². The van der Waals surface area contributed by atoms with Crippen molar-refractivity contribution < 1.29 is 4.79 Å². The van der Waals surface area contributed by atoms with E-state index in [0.717, 1.165) is 62.0 Å². The number of thiophene rings is 1. The van der Waals surface area contributed by atoms with Crippen LogP contribution in [0.4, 0.5) is 0 Å². The molecule has 0 bridgehead atoms. The first-order chi connectivity index (χ1) is 16.0. The topological polar surface area (TPSA) is 78.1 Å². The number of nitrogens with zero attached hydrogens (tertiary/aromatic N) is 2. The van der Waals surface area contributed by atoms with Gasteiger partial charge in [-0.3, -0.25) is 14.5 Å². The van der Waals surface area contributed by atoms with Gasteiger partial charge in [-0.15, -0.1) is 11.3 Å². The number of amides is 1. The average molecular weight is 465 g/mol. The van der Waals surface area contributed by atoms with Crippen molar-refractivity contribution in [3.05, 3.63) is 62.5 Å². The van der Waals surface area contributed by atoms with E-state index in [0.29, 0.717) is 24.6 Å². The molecule has 1 atom stereocenters. The second-order valence-corrected chi connectivity index (χ2v) is 10.7. The van der Waals surface area contributed by atoms with Crippen LogP contribution in [0.25, 0.3) is 10.2 Å². The molecule has 1 aromatic carbocycles. The van der Waals surface area contributed by atoms with Crippen LogP contribution in [-0.4, -0.2) is 39.9 Å². The zero-order valence-electron chi connectivity index (χ0n) is 19.2. The second kappa shape index (κ2) is 9.77. The van der Waals surface area contributed by atoms with Crippen LogP contribution >= 0.6 is 11.3 Å². The standard InChI is InChI=1S/C26H32N4O2S/c1-17-7-8-20-21(15-17)33-26-24(20)25(32)28-22(29-26)9-10-23(31)27-19-11-13-30(14-12-19)16-18-5-3-2-4-6-18/h2-6,17,19H,7-16H2,1H3,(H,27,31)(H,28,29,32)/t17-/m0/s1. The smallest absolute Gasteiger partial charge is 0.259 e. The van der Waals surface area contributed by atoms with E-state index in [1.165, 1.54) is 16.0 Å². The number of aromatic nitrogens is 2. The summed E-state index contributed by atoms with van der Waals surface area (Å²) in [6, 6.07) is 10.8. The van der Waals surface area contributed by atoms with Crippen LogP contribution in [-0.2, 0) is 30.6 Å². The molecule has 0 unspecified atom stereocenters. The lowest BCUT2D eigenvalue weighted by Crippen LogP contribution is -2.44. The van der Waals surface area contributed by atoms with Gasteiger partial charge in [-0.2, -0.15) is 0 Å². The van der Waals surface area contributed by atoms with Crippen molar-refractivity contribution in [3.63, 3.8) is 0 Å². The van der Waals surface area contributed by atoms with Crippen molar-refractivity contribution in [2.75, 3.05) is 13.1 Å². The highest BCUT2D eigenvalue weighted by molar-refractivity contribution is 7.18. The number of fused-ring (bicyclic) bond motifs is 3. The molecule has 174 valence electrons. The van der Waals surface area contributed by atoms with Crippen LogP contribution < -0.4 is 10.9 Å². The van der Waals surface area contributed by atoms with Crippen molar-refractivity contribution in [2.24, 2.45) is 5.92 Å². The van der Waals surface area contributed by atoms with Gasteiger partial charge >= 0.3 is 0 Å². The fourth-order valence-electron chi connectivity index (χ4n) is 5.12. The molecule has 1 amide bonds. The van der Waals surface area contributed by atoms with E-state index in [4.69, 9.17) is 4.98 Å². The summed E-state index contributed by atoms with van der Waals surface area (Å²) in [5.74, 6) is 1.32. The fraction of sp³-hybridized carbons (Fsp3) is 0.500. The second-order valence-electron chi connectivity index (χ2n) is 9.65. The molecule has 7 heteroatoms. The molecule has 2 aliphatic rings. The molecule has 1 saturated heterocycles. The van der Waals surface area contributed by atoms with E-state index in [2.05, 4.69) is 46.4 Å². The van der Waals surface area contributed by atoms with Gasteiger partial charge in [0.2, 0.25) is 5.91 Å². The molecule has 2 N–H and O–H groups in total. The summed E-state index contributed by atoms with van der Waals surface area (Å²) in [6.45, 7) is 5.22. The molecule has 0 spiro atoms. The number of benzene rings is 1. The Morgan fingerprint density at radius 1 is 1.21 bits per heavy atom. The summed E-state index contributed by atoms with van der Waals surface area (Å²) in [4.78, 5) is 37.5. The number of hydrogen-bond acceptors (Lipinski definition) is 5. The Morgan fingerprint density at radius 3 is 2.79 bits per heavy atom. The Hall–Kier alpha value is -2.51. The number of rotatable bonds is 6. The molecular formula is C26H32N4O2S.